The normalized spacial score (nSPS) is 17.4. The Kier molecular flexibility index (Phi) is 9.53. The van der Waals surface area contributed by atoms with E-state index in [0.29, 0.717) is 55.6 Å². The first-order valence-electron chi connectivity index (χ1n) is 15.4. The molecule has 0 radical (unpaired) electrons. The van der Waals surface area contributed by atoms with Gasteiger partial charge in [0.25, 0.3) is 0 Å². The van der Waals surface area contributed by atoms with E-state index in [9.17, 15) is 39.6 Å². The molecule has 1 atom stereocenters. The largest absolute Gasteiger partial charge is 0.416 e. The highest BCUT2D eigenvalue weighted by molar-refractivity contribution is 7.89. The fraction of sp³-hybridized carbons (Fsp3) is 0.303. The van der Waals surface area contributed by atoms with Crippen LogP contribution in [-0.2, 0) is 27.5 Å². The van der Waals surface area contributed by atoms with E-state index in [1.807, 2.05) is 9.80 Å². The Morgan fingerprint density at radius 1 is 0.837 bits per heavy atom. The number of anilines is 2. The molecule has 49 heavy (non-hydrogen) atoms. The molecule has 3 heterocycles. The van der Waals surface area contributed by atoms with Crippen molar-refractivity contribution < 1.29 is 39.6 Å². The standard InChI is InChI=1S/C33H30F6N6O3S/c34-23-11-12-30(26(36)18-23)49(47,48)45-13-3-6-29(45)31(46)40-20-24-19-27(21-7-9-22(10-8-21)33(37,38)39)42-32(41-24)44-16-14-43(15-17-44)28-5-2-1-4-25(28)35/h1-2,4-5,7-12,18-19,29H,3,6,13-17,20H2,(H,40,46). The van der Waals surface area contributed by atoms with Gasteiger partial charge in [-0.2, -0.15) is 17.5 Å². The first-order valence-corrected chi connectivity index (χ1v) is 16.8. The molecule has 16 heteroatoms. The molecule has 258 valence electrons. The third-order valence-electron chi connectivity index (χ3n) is 8.46. The molecule has 6 rings (SSSR count). The number of hydrogen-bond donors (Lipinski definition) is 1. The van der Waals surface area contributed by atoms with Gasteiger partial charge >= 0.3 is 6.18 Å². The number of nitrogens with zero attached hydrogens (tertiary/aromatic N) is 5. The van der Waals surface area contributed by atoms with Gasteiger partial charge < -0.3 is 15.1 Å². The van der Waals surface area contributed by atoms with Crippen LogP contribution in [0.25, 0.3) is 11.3 Å². The number of benzene rings is 3. The van der Waals surface area contributed by atoms with Crippen LogP contribution in [0.3, 0.4) is 0 Å². The molecular weight excluding hydrogens is 674 g/mol. The van der Waals surface area contributed by atoms with Crippen molar-refractivity contribution in [1.82, 2.24) is 19.6 Å². The molecule has 2 aliphatic rings. The number of para-hydroxylation sites is 1. The number of aromatic nitrogens is 2. The fourth-order valence-electron chi connectivity index (χ4n) is 5.95. The Bertz CT molecular complexity index is 1950. The van der Waals surface area contributed by atoms with Crippen LogP contribution in [0.1, 0.15) is 24.1 Å². The van der Waals surface area contributed by atoms with E-state index >= 15 is 0 Å². The SMILES string of the molecule is O=C(NCc1cc(-c2ccc(C(F)(F)F)cc2)nc(N2CCN(c3ccccc3F)CC2)n1)C1CCCN1S(=O)(=O)c1ccc(F)cc1F. The summed E-state index contributed by atoms with van der Waals surface area (Å²) >= 11 is 0. The van der Waals surface area contributed by atoms with E-state index < -0.39 is 50.2 Å². The Morgan fingerprint density at radius 3 is 2.20 bits per heavy atom. The predicted octanol–water partition coefficient (Wildman–Crippen LogP) is 5.38. The Balaban J connectivity index is 1.23. The summed E-state index contributed by atoms with van der Waals surface area (Å²) < 4.78 is 109. The van der Waals surface area contributed by atoms with Gasteiger partial charge in [-0.1, -0.05) is 24.3 Å². The van der Waals surface area contributed by atoms with Crippen molar-refractivity contribution in [2.45, 2.75) is 36.5 Å². The second-order valence-electron chi connectivity index (χ2n) is 11.6. The molecule has 1 amide bonds. The number of carbonyl (C=O) groups excluding carboxylic acids is 1. The summed E-state index contributed by atoms with van der Waals surface area (Å²) in [7, 11) is -4.48. The number of halogens is 6. The lowest BCUT2D eigenvalue weighted by Gasteiger charge is -2.36. The molecule has 2 saturated heterocycles. The molecule has 4 aromatic rings. The quantitative estimate of drug-likeness (QED) is 0.246. The van der Waals surface area contributed by atoms with E-state index in [1.54, 1.807) is 18.2 Å². The van der Waals surface area contributed by atoms with Crippen LogP contribution in [0.4, 0.5) is 38.0 Å². The summed E-state index contributed by atoms with van der Waals surface area (Å²) in [4.78, 5) is 25.5. The lowest BCUT2D eigenvalue weighted by Crippen LogP contribution is -2.47. The number of sulfonamides is 1. The van der Waals surface area contributed by atoms with Gasteiger partial charge in [-0.05, 0) is 55.3 Å². The van der Waals surface area contributed by atoms with Crippen LogP contribution in [0, 0.1) is 17.5 Å². The van der Waals surface area contributed by atoms with Gasteiger partial charge in [-0.15, -0.1) is 0 Å². The second-order valence-corrected chi connectivity index (χ2v) is 13.5. The van der Waals surface area contributed by atoms with Gasteiger partial charge in [0.15, 0.2) is 0 Å². The maximum atomic E-state index is 14.4. The number of amides is 1. The Morgan fingerprint density at radius 2 is 1.53 bits per heavy atom. The highest BCUT2D eigenvalue weighted by atomic mass is 32.2. The Hall–Kier alpha value is -4.70. The van der Waals surface area contributed by atoms with Crippen LogP contribution >= 0.6 is 0 Å². The number of rotatable bonds is 8. The number of nitrogens with one attached hydrogen (secondary N) is 1. The van der Waals surface area contributed by atoms with E-state index in [-0.39, 0.29) is 37.0 Å². The zero-order valence-electron chi connectivity index (χ0n) is 25.8. The fourth-order valence-corrected chi connectivity index (χ4v) is 7.65. The summed E-state index contributed by atoms with van der Waals surface area (Å²) in [6, 6.07) is 13.3. The topological polar surface area (TPSA) is 98.7 Å². The minimum atomic E-state index is -4.53. The van der Waals surface area contributed by atoms with Crippen molar-refractivity contribution in [3.63, 3.8) is 0 Å². The molecule has 2 fully saturated rings. The van der Waals surface area contributed by atoms with Crippen molar-refractivity contribution in [2.24, 2.45) is 0 Å². The van der Waals surface area contributed by atoms with Gasteiger partial charge in [-0.3, -0.25) is 4.79 Å². The number of hydrogen-bond acceptors (Lipinski definition) is 7. The maximum Gasteiger partial charge on any atom is 0.416 e. The van der Waals surface area contributed by atoms with Crippen LogP contribution in [0.15, 0.2) is 77.7 Å². The van der Waals surface area contributed by atoms with Crippen molar-refractivity contribution in [3.05, 3.63) is 102 Å². The average Bonchev–Trinajstić information content (AvgIpc) is 3.59. The molecule has 9 nitrogen and oxygen atoms in total. The zero-order chi connectivity index (χ0) is 34.9. The minimum absolute atomic E-state index is 0.0498. The highest BCUT2D eigenvalue weighted by Gasteiger charge is 2.40. The third kappa shape index (κ3) is 7.34. The molecule has 0 aliphatic carbocycles. The first-order chi connectivity index (χ1) is 23.3. The summed E-state index contributed by atoms with van der Waals surface area (Å²) in [6.07, 6.45) is -4.05. The van der Waals surface area contributed by atoms with Gasteiger partial charge in [0, 0.05) is 44.4 Å². The zero-order valence-corrected chi connectivity index (χ0v) is 26.6. The molecule has 0 saturated carbocycles. The lowest BCUT2D eigenvalue weighted by atomic mass is 10.1. The van der Waals surface area contributed by atoms with Gasteiger partial charge in [0.05, 0.1) is 29.2 Å². The summed E-state index contributed by atoms with van der Waals surface area (Å²) in [5.41, 5.74) is 0.565. The number of carbonyl (C=O) groups is 1. The summed E-state index contributed by atoms with van der Waals surface area (Å²) in [5, 5.41) is 2.68. The highest BCUT2D eigenvalue weighted by Crippen LogP contribution is 2.32. The monoisotopic (exact) mass is 704 g/mol. The van der Waals surface area contributed by atoms with Crippen LogP contribution in [-0.4, -0.2) is 67.4 Å². The van der Waals surface area contributed by atoms with E-state index in [0.717, 1.165) is 28.6 Å². The molecule has 2 aliphatic heterocycles. The average molecular weight is 705 g/mol. The minimum Gasteiger partial charge on any atom is -0.366 e. The summed E-state index contributed by atoms with van der Waals surface area (Å²) in [6.45, 7) is 1.41. The molecule has 1 N–H and O–H groups in total. The van der Waals surface area contributed by atoms with E-state index in [4.69, 9.17) is 0 Å². The predicted molar refractivity (Wildman–Crippen MR) is 168 cm³/mol. The smallest absolute Gasteiger partial charge is 0.366 e. The van der Waals surface area contributed by atoms with Crippen molar-refractivity contribution >= 4 is 27.6 Å². The lowest BCUT2D eigenvalue weighted by molar-refractivity contribution is -0.137. The van der Waals surface area contributed by atoms with E-state index in [1.165, 1.54) is 24.3 Å². The molecule has 1 aromatic heterocycles. The van der Waals surface area contributed by atoms with Crippen molar-refractivity contribution in [1.29, 1.82) is 0 Å². The van der Waals surface area contributed by atoms with Gasteiger partial charge in [0.1, 0.15) is 28.4 Å². The number of piperazine rings is 1. The van der Waals surface area contributed by atoms with Crippen molar-refractivity contribution in [2.75, 3.05) is 42.5 Å². The Labute approximate surface area is 278 Å². The second kappa shape index (κ2) is 13.7. The molecule has 3 aromatic carbocycles. The first kappa shape index (κ1) is 34.2. The molecule has 1 unspecified atom stereocenters. The van der Waals surface area contributed by atoms with Crippen molar-refractivity contribution in [3.8, 4) is 11.3 Å². The third-order valence-corrected chi connectivity index (χ3v) is 10.4. The maximum absolute atomic E-state index is 14.4. The number of alkyl halides is 3. The van der Waals surface area contributed by atoms with E-state index in [2.05, 4.69) is 15.3 Å². The van der Waals surface area contributed by atoms with Gasteiger partial charge in [0.2, 0.25) is 21.9 Å². The summed E-state index contributed by atoms with van der Waals surface area (Å²) in [5.74, 6) is -3.00. The molecule has 0 spiro atoms. The molecule has 0 bridgehead atoms. The van der Waals surface area contributed by atoms with Gasteiger partial charge in [-0.25, -0.2) is 31.6 Å². The molecular formula is C33H30F6N6O3S. The van der Waals surface area contributed by atoms with Crippen LogP contribution in [0.2, 0.25) is 0 Å². The van der Waals surface area contributed by atoms with Crippen LogP contribution in [0.5, 0.6) is 0 Å². The van der Waals surface area contributed by atoms with Crippen LogP contribution < -0.4 is 15.1 Å².